The standard InChI is InChI=1S/C10H7N5S/c11-10-14-9(16-15-10)8-5-12-6-3-1-2-4-7(6)13-8/h1-5H,(H2,11,15). The molecule has 0 saturated carbocycles. The highest BCUT2D eigenvalue weighted by molar-refractivity contribution is 7.09. The first-order chi connectivity index (χ1) is 7.83. The zero-order valence-electron chi connectivity index (χ0n) is 8.16. The number of anilines is 1. The van der Waals surface area contributed by atoms with Crippen LogP contribution in [0.1, 0.15) is 0 Å². The van der Waals surface area contributed by atoms with Gasteiger partial charge in [-0.3, -0.25) is 4.98 Å². The molecule has 78 valence electrons. The highest BCUT2D eigenvalue weighted by Crippen LogP contribution is 2.21. The molecule has 2 N–H and O–H groups in total. The largest absolute Gasteiger partial charge is 0.367 e. The Morgan fingerprint density at radius 3 is 2.62 bits per heavy atom. The van der Waals surface area contributed by atoms with Crippen LogP contribution in [-0.2, 0) is 0 Å². The number of nitrogens with two attached hydrogens (primary N) is 1. The third-order valence-electron chi connectivity index (χ3n) is 2.11. The fraction of sp³-hybridized carbons (Fsp3) is 0. The van der Waals surface area contributed by atoms with Crippen molar-refractivity contribution in [2.24, 2.45) is 0 Å². The van der Waals surface area contributed by atoms with E-state index in [1.165, 1.54) is 11.5 Å². The molecule has 0 aliphatic heterocycles. The fourth-order valence-corrected chi connectivity index (χ4v) is 1.95. The molecule has 3 rings (SSSR count). The van der Waals surface area contributed by atoms with E-state index in [2.05, 4.69) is 19.3 Å². The lowest BCUT2D eigenvalue weighted by atomic mass is 10.3. The number of hydrogen-bond donors (Lipinski definition) is 1. The van der Waals surface area contributed by atoms with Gasteiger partial charge in [-0.2, -0.15) is 9.36 Å². The van der Waals surface area contributed by atoms with Crippen LogP contribution in [0.3, 0.4) is 0 Å². The summed E-state index contributed by atoms with van der Waals surface area (Å²) in [6.07, 6.45) is 1.68. The lowest BCUT2D eigenvalue weighted by Gasteiger charge is -1.97. The summed E-state index contributed by atoms with van der Waals surface area (Å²) in [7, 11) is 0. The van der Waals surface area contributed by atoms with Gasteiger partial charge < -0.3 is 5.73 Å². The Morgan fingerprint density at radius 2 is 1.88 bits per heavy atom. The maximum atomic E-state index is 5.47. The molecule has 2 heterocycles. The number of nitrogens with zero attached hydrogens (tertiary/aromatic N) is 4. The van der Waals surface area contributed by atoms with Gasteiger partial charge in [-0.05, 0) is 23.7 Å². The maximum absolute atomic E-state index is 5.47. The molecule has 2 aromatic heterocycles. The Labute approximate surface area is 95.2 Å². The molecule has 0 amide bonds. The second-order valence-electron chi connectivity index (χ2n) is 3.20. The van der Waals surface area contributed by atoms with Crippen molar-refractivity contribution >= 4 is 28.5 Å². The molecule has 0 aliphatic carbocycles. The summed E-state index contributed by atoms with van der Waals surface area (Å²) in [6.45, 7) is 0. The lowest BCUT2D eigenvalue weighted by Crippen LogP contribution is -1.89. The van der Waals surface area contributed by atoms with Crippen LogP contribution in [-0.4, -0.2) is 19.3 Å². The Hall–Kier alpha value is -2.08. The highest BCUT2D eigenvalue weighted by Gasteiger charge is 2.07. The summed E-state index contributed by atoms with van der Waals surface area (Å²) in [5.74, 6) is 0.273. The molecular formula is C10H7N5S. The van der Waals surface area contributed by atoms with Gasteiger partial charge in [-0.15, -0.1) is 0 Å². The highest BCUT2D eigenvalue weighted by atomic mass is 32.1. The van der Waals surface area contributed by atoms with E-state index in [4.69, 9.17) is 5.73 Å². The second-order valence-corrected chi connectivity index (χ2v) is 3.95. The monoisotopic (exact) mass is 229 g/mol. The summed E-state index contributed by atoms with van der Waals surface area (Å²) in [5.41, 5.74) is 7.88. The quantitative estimate of drug-likeness (QED) is 0.687. The van der Waals surface area contributed by atoms with Crippen molar-refractivity contribution in [3.8, 4) is 10.7 Å². The summed E-state index contributed by atoms with van der Waals surface area (Å²) in [5, 5.41) is 0.691. The minimum Gasteiger partial charge on any atom is -0.367 e. The van der Waals surface area contributed by atoms with E-state index in [0.717, 1.165) is 11.0 Å². The van der Waals surface area contributed by atoms with Crippen LogP contribution in [0.2, 0.25) is 0 Å². The summed E-state index contributed by atoms with van der Waals surface area (Å²) < 4.78 is 3.91. The minimum atomic E-state index is 0.273. The Balaban J connectivity index is 2.18. The molecule has 3 aromatic rings. The molecule has 0 bridgehead atoms. The zero-order valence-corrected chi connectivity index (χ0v) is 8.98. The molecule has 0 saturated heterocycles. The number of hydrogen-bond acceptors (Lipinski definition) is 6. The Morgan fingerprint density at radius 1 is 1.06 bits per heavy atom. The van der Waals surface area contributed by atoms with Crippen molar-refractivity contribution < 1.29 is 0 Å². The van der Waals surface area contributed by atoms with Crippen molar-refractivity contribution in [2.75, 3.05) is 5.73 Å². The minimum absolute atomic E-state index is 0.273. The third-order valence-corrected chi connectivity index (χ3v) is 2.86. The van der Waals surface area contributed by atoms with Gasteiger partial charge >= 0.3 is 0 Å². The maximum Gasteiger partial charge on any atom is 0.232 e. The van der Waals surface area contributed by atoms with Crippen LogP contribution in [0.5, 0.6) is 0 Å². The topological polar surface area (TPSA) is 77.6 Å². The summed E-state index contributed by atoms with van der Waals surface area (Å²) in [4.78, 5) is 12.8. The Bertz CT molecular complexity index is 648. The number of para-hydroxylation sites is 2. The van der Waals surface area contributed by atoms with Crippen LogP contribution in [0.15, 0.2) is 30.5 Å². The first-order valence-electron chi connectivity index (χ1n) is 4.64. The van der Waals surface area contributed by atoms with E-state index in [0.29, 0.717) is 10.7 Å². The van der Waals surface area contributed by atoms with Crippen molar-refractivity contribution in [1.29, 1.82) is 0 Å². The zero-order chi connectivity index (χ0) is 11.0. The lowest BCUT2D eigenvalue weighted by molar-refractivity contribution is 1.26. The van der Waals surface area contributed by atoms with Crippen LogP contribution in [0, 0.1) is 0 Å². The van der Waals surface area contributed by atoms with Gasteiger partial charge in [-0.25, -0.2) is 4.98 Å². The second kappa shape index (κ2) is 3.49. The van der Waals surface area contributed by atoms with Gasteiger partial charge in [0, 0.05) is 0 Å². The molecule has 0 unspecified atom stereocenters. The van der Waals surface area contributed by atoms with Gasteiger partial charge in [0.2, 0.25) is 5.95 Å². The normalized spacial score (nSPS) is 10.8. The molecule has 0 aliphatic rings. The van der Waals surface area contributed by atoms with Gasteiger partial charge in [-0.1, -0.05) is 12.1 Å². The molecule has 6 heteroatoms. The molecule has 0 atom stereocenters. The number of benzene rings is 1. The fourth-order valence-electron chi connectivity index (χ4n) is 1.40. The molecule has 1 aromatic carbocycles. The number of fused-ring (bicyclic) bond motifs is 1. The predicted molar refractivity (Wildman–Crippen MR) is 62.9 cm³/mol. The molecule has 0 radical (unpaired) electrons. The van der Waals surface area contributed by atoms with Crippen LogP contribution in [0.4, 0.5) is 5.95 Å². The van der Waals surface area contributed by atoms with Crippen molar-refractivity contribution in [2.45, 2.75) is 0 Å². The van der Waals surface area contributed by atoms with Crippen LogP contribution in [0.25, 0.3) is 21.7 Å². The van der Waals surface area contributed by atoms with Crippen molar-refractivity contribution in [3.63, 3.8) is 0 Å². The molecule has 0 spiro atoms. The van der Waals surface area contributed by atoms with E-state index in [9.17, 15) is 0 Å². The number of aromatic nitrogens is 4. The van der Waals surface area contributed by atoms with Crippen LogP contribution < -0.4 is 5.73 Å². The SMILES string of the molecule is Nc1nsc(-c2cnc3ccccc3n2)n1. The van der Waals surface area contributed by atoms with Crippen molar-refractivity contribution in [3.05, 3.63) is 30.5 Å². The summed E-state index contributed by atoms with van der Waals surface area (Å²) in [6, 6.07) is 7.69. The predicted octanol–water partition coefficient (Wildman–Crippen LogP) is 1.73. The van der Waals surface area contributed by atoms with Gasteiger partial charge in [0.1, 0.15) is 5.69 Å². The smallest absolute Gasteiger partial charge is 0.232 e. The molecule has 5 nitrogen and oxygen atoms in total. The van der Waals surface area contributed by atoms with Gasteiger partial charge in [0.05, 0.1) is 17.2 Å². The number of rotatable bonds is 1. The van der Waals surface area contributed by atoms with E-state index in [-0.39, 0.29) is 5.95 Å². The average molecular weight is 229 g/mol. The molecular weight excluding hydrogens is 222 g/mol. The average Bonchev–Trinajstić information content (AvgIpc) is 2.75. The van der Waals surface area contributed by atoms with E-state index in [1.807, 2.05) is 24.3 Å². The summed E-state index contributed by atoms with van der Waals surface area (Å²) >= 11 is 1.22. The molecule has 16 heavy (non-hydrogen) atoms. The first kappa shape index (κ1) is 9.17. The number of nitrogen functional groups attached to an aromatic ring is 1. The first-order valence-corrected chi connectivity index (χ1v) is 5.41. The van der Waals surface area contributed by atoms with Crippen molar-refractivity contribution in [1.82, 2.24) is 19.3 Å². The van der Waals surface area contributed by atoms with E-state index >= 15 is 0 Å². The van der Waals surface area contributed by atoms with Gasteiger partial charge in [0.25, 0.3) is 0 Å². The molecule has 0 fully saturated rings. The van der Waals surface area contributed by atoms with Gasteiger partial charge in [0.15, 0.2) is 5.01 Å². The Kier molecular flexibility index (Phi) is 2.00. The third kappa shape index (κ3) is 1.49. The van der Waals surface area contributed by atoms with E-state index < -0.39 is 0 Å². The van der Waals surface area contributed by atoms with Crippen LogP contribution >= 0.6 is 11.5 Å². The van der Waals surface area contributed by atoms with E-state index in [1.54, 1.807) is 6.20 Å².